The summed E-state index contributed by atoms with van der Waals surface area (Å²) in [6, 6.07) is 16.0. The first-order chi connectivity index (χ1) is 20.1. The lowest BCUT2D eigenvalue weighted by atomic mass is 10.1. The van der Waals surface area contributed by atoms with Crippen LogP contribution in [-0.4, -0.2) is 86.0 Å². The van der Waals surface area contributed by atoms with Crippen molar-refractivity contribution in [3.8, 4) is 29.0 Å². The average Bonchev–Trinajstić information content (AvgIpc) is 2.98. The molecule has 3 aliphatic heterocycles. The number of hydrogen-bond donors (Lipinski definition) is 2. The van der Waals surface area contributed by atoms with E-state index in [1.165, 1.54) is 0 Å². The molecule has 0 saturated carbocycles. The summed E-state index contributed by atoms with van der Waals surface area (Å²) in [5.41, 5.74) is 3.02. The van der Waals surface area contributed by atoms with Gasteiger partial charge in [0.25, 0.3) is 0 Å². The zero-order valence-electron chi connectivity index (χ0n) is 23.0. The number of nitrogens with one attached hydrogen (secondary N) is 2. The molecule has 6 rings (SSSR count). The van der Waals surface area contributed by atoms with E-state index in [0.717, 1.165) is 56.5 Å². The molecular weight excluding hydrogens is 522 g/mol. The van der Waals surface area contributed by atoms with Crippen LogP contribution in [-0.2, 0) is 9.53 Å². The van der Waals surface area contributed by atoms with Gasteiger partial charge in [-0.1, -0.05) is 0 Å². The van der Waals surface area contributed by atoms with Crippen LogP contribution >= 0.6 is 0 Å². The second-order valence-electron chi connectivity index (χ2n) is 10.4. The van der Waals surface area contributed by atoms with Crippen molar-refractivity contribution in [3.63, 3.8) is 0 Å². The van der Waals surface area contributed by atoms with Crippen LogP contribution in [0.1, 0.15) is 18.4 Å². The van der Waals surface area contributed by atoms with Crippen LogP contribution in [0.15, 0.2) is 48.7 Å². The van der Waals surface area contributed by atoms with E-state index < -0.39 is 0 Å². The molecular formula is C30H33N7O4. The van der Waals surface area contributed by atoms with Gasteiger partial charge in [0.15, 0.2) is 5.82 Å². The standard InChI is InChI=1S/C30H33N7O4/c1-39-27-15-22(3-5-25(27)37-12-10-36(11-13-37)23-18-40-19-23)34-28-8-9-32-30(35-28)20-2-6-26(21(14-20)16-31)41-24-4-7-29(38)33-17-24/h2-3,5-6,8-9,14-15,23-24H,4,7,10-13,17-19H2,1H3,(H,33,38)(H,32,34,35)/t24-/m1/s1. The Morgan fingerprint density at radius 2 is 1.95 bits per heavy atom. The van der Waals surface area contributed by atoms with Crippen molar-refractivity contribution in [1.82, 2.24) is 20.2 Å². The van der Waals surface area contributed by atoms with Crippen molar-refractivity contribution in [2.45, 2.75) is 25.0 Å². The first-order valence-corrected chi connectivity index (χ1v) is 13.9. The minimum absolute atomic E-state index is 0.0227. The number of nitriles is 1. The Morgan fingerprint density at radius 3 is 2.66 bits per heavy atom. The summed E-state index contributed by atoms with van der Waals surface area (Å²) in [6.45, 7) is 6.04. The molecule has 0 radical (unpaired) electrons. The number of rotatable bonds is 8. The van der Waals surface area contributed by atoms with Gasteiger partial charge in [-0.25, -0.2) is 9.97 Å². The number of piperazine rings is 1. The SMILES string of the molecule is COc1cc(Nc2ccnc(-c3ccc(O[C@@H]4CCC(=O)NC4)c(C#N)c3)n2)ccc1N1CCN(C2COC2)CC1. The summed E-state index contributed by atoms with van der Waals surface area (Å²) in [5.74, 6) is 2.42. The molecule has 2 N–H and O–H groups in total. The summed E-state index contributed by atoms with van der Waals surface area (Å²) in [5, 5.41) is 15.9. The topological polar surface area (TPSA) is 125 Å². The number of anilines is 3. The Hall–Kier alpha value is -4.40. The highest BCUT2D eigenvalue weighted by atomic mass is 16.5. The molecule has 0 aliphatic carbocycles. The van der Waals surface area contributed by atoms with Gasteiger partial charge in [0.1, 0.15) is 29.5 Å². The highest BCUT2D eigenvalue weighted by Gasteiger charge is 2.29. The zero-order valence-corrected chi connectivity index (χ0v) is 23.0. The molecule has 3 saturated heterocycles. The van der Waals surface area contributed by atoms with Crippen LogP contribution in [0.3, 0.4) is 0 Å². The van der Waals surface area contributed by atoms with Crippen molar-refractivity contribution in [2.24, 2.45) is 0 Å². The maximum atomic E-state index is 11.4. The molecule has 11 heteroatoms. The fourth-order valence-electron chi connectivity index (χ4n) is 5.34. The molecule has 3 aliphatic rings. The van der Waals surface area contributed by atoms with Crippen LogP contribution in [0.4, 0.5) is 17.2 Å². The van der Waals surface area contributed by atoms with Gasteiger partial charge in [0.05, 0.1) is 44.2 Å². The van der Waals surface area contributed by atoms with Gasteiger partial charge in [-0.15, -0.1) is 0 Å². The summed E-state index contributed by atoms with van der Waals surface area (Å²) >= 11 is 0. The van der Waals surface area contributed by atoms with Gasteiger partial charge < -0.3 is 29.7 Å². The molecule has 1 amide bonds. The number of aromatic nitrogens is 2. The van der Waals surface area contributed by atoms with Crippen molar-refractivity contribution >= 4 is 23.1 Å². The van der Waals surface area contributed by atoms with E-state index in [4.69, 9.17) is 14.2 Å². The lowest BCUT2D eigenvalue weighted by Gasteiger charge is -2.43. The molecule has 0 unspecified atom stereocenters. The van der Waals surface area contributed by atoms with Gasteiger partial charge in [-0.2, -0.15) is 5.26 Å². The largest absolute Gasteiger partial charge is 0.495 e. The fourth-order valence-corrected chi connectivity index (χ4v) is 5.34. The second kappa shape index (κ2) is 12.0. The Balaban J connectivity index is 1.13. The third kappa shape index (κ3) is 6.04. The number of benzene rings is 2. The zero-order chi connectivity index (χ0) is 28.2. The number of carbonyl (C=O) groups excluding carboxylic acids is 1. The molecule has 0 bridgehead atoms. The van der Waals surface area contributed by atoms with Crippen LogP contribution in [0.2, 0.25) is 0 Å². The number of carbonyl (C=O) groups is 1. The average molecular weight is 556 g/mol. The number of hydrogen-bond acceptors (Lipinski definition) is 10. The molecule has 4 heterocycles. The number of amides is 1. The quantitative estimate of drug-likeness (QED) is 0.429. The highest BCUT2D eigenvalue weighted by molar-refractivity contribution is 5.76. The Morgan fingerprint density at radius 1 is 1.10 bits per heavy atom. The van der Waals surface area contributed by atoms with Crippen LogP contribution in [0, 0.1) is 11.3 Å². The van der Waals surface area contributed by atoms with Crippen molar-refractivity contribution in [1.29, 1.82) is 5.26 Å². The molecule has 0 spiro atoms. The lowest BCUT2D eigenvalue weighted by molar-refractivity contribution is -0.123. The first-order valence-electron chi connectivity index (χ1n) is 13.9. The Labute approximate surface area is 239 Å². The van der Waals surface area contributed by atoms with E-state index in [1.54, 1.807) is 31.5 Å². The molecule has 1 atom stereocenters. The molecule has 2 aromatic carbocycles. The summed E-state index contributed by atoms with van der Waals surface area (Å²) in [6.07, 6.45) is 2.56. The monoisotopic (exact) mass is 555 g/mol. The lowest BCUT2D eigenvalue weighted by Crippen LogP contribution is -2.56. The first kappa shape index (κ1) is 26.8. The molecule has 212 valence electrons. The molecule has 11 nitrogen and oxygen atoms in total. The van der Waals surface area contributed by atoms with Gasteiger partial charge >= 0.3 is 0 Å². The van der Waals surface area contributed by atoms with Crippen LogP contribution < -0.4 is 25.0 Å². The second-order valence-corrected chi connectivity index (χ2v) is 10.4. The van der Waals surface area contributed by atoms with Gasteiger partial charge in [-0.05, 0) is 42.8 Å². The summed E-state index contributed by atoms with van der Waals surface area (Å²) in [7, 11) is 1.69. The third-order valence-corrected chi connectivity index (χ3v) is 7.77. The van der Waals surface area contributed by atoms with E-state index in [0.29, 0.717) is 53.9 Å². The molecule has 3 fully saturated rings. The minimum Gasteiger partial charge on any atom is -0.495 e. The Bertz CT molecular complexity index is 1440. The van der Waals surface area contributed by atoms with Crippen molar-refractivity contribution in [3.05, 3.63) is 54.2 Å². The minimum atomic E-state index is -0.162. The van der Waals surface area contributed by atoms with E-state index in [9.17, 15) is 10.1 Å². The fraction of sp³-hybridized carbons (Fsp3) is 0.400. The van der Waals surface area contributed by atoms with Crippen LogP contribution in [0.5, 0.6) is 11.5 Å². The van der Waals surface area contributed by atoms with E-state index in [-0.39, 0.29) is 12.0 Å². The number of nitrogens with zero attached hydrogens (tertiary/aromatic N) is 5. The maximum Gasteiger partial charge on any atom is 0.220 e. The van der Waals surface area contributed by atoms with Crippen molar-refractivity contribution in [2.75, 3.05) is 63.3 Å². The van der Waals surface area contributed by atoms with Crippen molar-refractivity contribution < 1.29 is 19.0 Å². The predicted molar refractivity (Wildman–Crippen MR) is 154 cm³/mol. The van der Waals surface area contributed by atoms with E-state index >= 15 is 0 Å². The van der Waals surface area contributed by atoms with Gasteiger partial charge in [0, 0.05) is 56.1 Å². The summed E-state index contributed by atoms with van der Waals surface area (Å²) in [4.78, 5) is 25.4. The number of methoxy groups -OCH3 is 1. The van der Waals surface area contributed by atoms with E-state index in [1.807, 2.05) is 18.2 Å². The smallest absolute Gasteiger partial charge is 0.220 e. The molecule has 41 heavy (non-hydrogen) atoms. The number of piperidine rings is 1. The van der Waals surface area contributed by atoms with Gasteiger partial charge in [0.2, 0.25) is 5.91 Å². The maximum absolute atomic E-state index is 11.4. The highest BCUT2D eigenvalue weighted by Crippen LogP contribution is 2.34. The number of ether oxygens (including phenoxy) is 3. The van der Waals surface area contributed by atoms with Crippen LogP contribution in [0.25, 0.3) is 11.4 Å². The normalized spacial score (nSPS) is 19.6. The summed E-state index contributed by atoms with van der Waals surface area (Å²) < 4.78 is 17.1. The van der Waals surface area contributed by atoms with Gasteiger partial charge in [-0.3, -0.25) is 9.69 Å². The molecule has 1 aromatic heterocycles. The Kier molecular flexibility index (Phi) is 7.84. The third-order valence-electron chi connectivity index (χ3n) is 7.77. The van der Waals surface area contributed by atoms with E-state index in [2.05, 4.69) is 42.5 Å². The predicted octanol–water partition coefficient (Wildman–Crippen LogP) is 2.95. The molecule has 3 aromatic rings.